The molecule has 1 unspecified atom stereocenters. The summed E-state index contributed by atoms with van der Waals surface area (Å²) in [6.07, 6.45) is 0. The Morgan fingerprint density at radius 1 is 1.09 bits per heavy atom. The highest BCUT2D eigenvalue weighted by molar-refractivity contribution is 5.95. The van der Waals surface area contributed by atoms with Gasteiger partial charge in [-0.15, -0.1) is 0 Å². The van der Waals surface area contributed by atoms with E-state index in [0.717, 1.165) is 18.8 Å². The minimum absolute atomic E-state index is 0.0129. The maximum atomic E-state index is 12.7. The molecule has 1 atom stereocenters. The zero-order valence-electron chi connectivity index (χ0n) is 14.1. The highest BCUT2D eigenvalue weighted by atomic mass is 16.2. The fraction of sp³-hybridized carbons (Fsp3) is 0.529. The van der Waals surface area contributed by atoms with Gasteiger partial charge in [0.2, 0.25) is 11.8 Å². The topological polar surface area (TPSA) is 78.7 Å². The Bertz CT molecular complexity index is 548. The number of piperazine rings is 1. The molecule has 2 amide bonds. The number of nitrogens with one attached hydrogen (secondary N) is 1. The molecule has 0 bridgehead atoms. The number of carbonyl (C=O) groups is 2. The Morgan fingerprint density at radius 3 is 2.13 bits per heavy atom. The van der Waals surface area contributed by atoms with Crippen LogP contribution in [0, 0.1) is 5.92 Å². The van der Waals surface area contributed by atoms with Crippen LogP contribution in [0.25, 0.3) is 0 Å². The summed E-state index contributed by atoms with van der Waals surface area (Å²) in [6.45, 7) is 8.47. The van der Waals surface area contributed by atoms with E-state index in [1.807, 2.05) is 18.7 Å². The zero-order chi connectivity index (χ0) is 17.0. The van der Waals surface area contributed by atoms with Crippen molar-refractivity contribution in [3.05, 3.63) is 24.3 Å². The number of anilines is 2. The maximum Gasteiger partial charge on any atom is 0.241 e. The summed E-state index contributed by atoms with van der Waals surface area (Å²) < 4.78 is 0. The summed E-state index contributed by atoms with van der Waals surface area (Å²) in [5.41, 5.74) is 7.08. The minimum Gasteiger partial charge on any atom is -0.399 e. The second-order valence-corrected chi connectivity index (χ2v) is 6.34. The lowest BCUT2D eigenvalue weighted by molar-refractivity contribution is -0.132. The van der Waals surface area contributed by atoms with Gasteiger partial charge in [-0.2, -0.15) is 0 Å². The molecule has 1 fully saturated rings. The van der Waals surface area contributed by atoms with Gasteiger partial charge >= 0.3 is 0 Å². The van der Waals surface area contributed by atoms with E-state index < -0.39 is 0 Å². The first kappa shape index (κ1) is 17.3. The smallest absolute Gasteiger partial charge is 0.241 e. The van der Waals surface area contributed by atoms with Crippen LogP contribution in [-0.2, 0) is 9.59 Å². The normalized spacial score (nSPS) is 17.1. The molecule has 0 radical (unpaired) electrons. The third-order valence-corrected chi connectivity index (χ3v) is 4.23. The third-order valence-electron chi connectivity index (χ3n) is 4.23. The molecule has 0 saturated carbocycles. The summed E-state index contributed by atoms with van der Waals surface area (Å²) in [6, 6.07) is 6.94. The van der Waals surface area contributed by atoms with Crippen molar-refractivity contribution >= 4 is 23.2 Å². The molecule has 1 aliphatic rings. The predicted octanol–water partition coefficient (Wildman–Crippen LogP) is 1.40. The first-order valence-corrected chi connectivity index (χ1v) is 8.04. The van der Waals surface area contributed by atoms with Gasteiger partial charge in [-0.3, -0.25) is 14.5 Å². The number of carbonyl (C=O) groups excluding carboxylic acids is 2. The molecule has 1 saturated heterocycles. The molecule has 23 heavy (non-hydrogen) atoms. The number of nitrogens with two attached hydrogens (primary N) is 1. The first-order valence-electron chi connectivity index (χ1n) is 8.04. The second kappa shape index (κ2) is 7.46. The summed E-state index contributed by atoms with van der Waals surface area (Å²) in [4.78, 5) is 28.1. The minimum atomic E-state index is -0.207. The summed E-state index contributed by atoms with van der Waals surface area (Å²) >= 11 is 0. The maximum absolute atomic E-state index is 12.7. The number of nitrogen functional groups attached to an aromatic ring is 1. The number of rotatable bonds is 4. The molecule has 3 N–H and O–H groups in total. The summed E-state index contributed by atoms with van der Waals surface area (Å²) in [5, 5.41) is 2.97. The van der Waals surface area contributed by atoms with Gasteiger partial charge in [-0.1, -0.05) is 13.8 Å². The van der Waals surface area contributed by atoms with Crippen LogP contribution in [0.3, 0.4) is 0 Å². The largest absolute Gasteiger partial charge is 0.399 e. The van der Waals surface area contributed by atoms with Crippen LogP contribution in [-0.4, -0.2) is 53.8 Å². The molecular formula is C17H26N4O2. The van der Waals surface area contributed by atoms with Crippen molar-refractivity contribution in [3.63, 3.8) is 0 Å². The quantitative estimate of drug-likeness (QED) is 0.823. The monoisotopic (exact) mass is 318 g/mol. The van der Waals surface area contributed by atoms with Gasteiger partial charge in [-0.05, 0) is 30.2 Å². The highest BCUT2D eigenvalue weighted by Crippen LogP contribution is 2.17. The molecule has 0 aliphatic carbocycles. The Hall–Kier alpha value is -2.08. The summed E-state index contributed by atoms with van der Waals surface area (Å²) in [7, 11) is 0. The average Bonchev–Trinajstić information content (AvgIpc) is 2.50. The Balaban J connectivity index is 2.02. The molecule has 0 spiro atoms. The Labute approximate surface area is 137 Å². The molecule has 1 aliphatic heterocycles. The number of hydrogen-bond donors (Lipinski definition) is 2. The molecule has 6 heteroatoms. The van der Waals surface area contributed by atoms with E-state index >= 15 is 0 Å². The van der Waals surface area contributed by atoms with Crippen molar-refractivity contribution in [1.29, 1.82) is 0 Å². The number of nitrogens with zero attached hydrogens (tertiary/aromatic N) is 2. The third kappa shape index (κ3) is 4.45. The SMILES string of the molecule is CC(=O)N1CCN(C(C(=O)Nc2ccc(N)cc2)C(C)C)CC1. The van der Waals surface area contributed by atoms with Gasteiger partial charge in [0.15, 0.2) is 0 Å². The van der Waals surface area contributed by atoms with Crippen molar-refractivity contribution in [2.24, 2.45) is 5.92 Å². The molecule has 6 nitrogen and oxygen atoms in total. The molecule has 1 aromatic rings. The van der Waals surface area contributed by atoms with Gasteiger partial charge in [0.05, 0.1) is 6.04 Å². The molecular weight excluding hydrogens is 292 g/mol. The Kier molecular flexibility index (Phi) is 5.60. The van der Waals surface area contributed by atoms with Crippen LogP contribution in [0.4, 0.5) is 11.4 Å². The fourth-order valence-corrected chi connectivity index (χ4v) is 2.99. The molecule has 0 aromatic heterocycles. The number of benzene rings is 1. The Morgan fingerprint density at radius 2 is 1.65 bits per heavy atom. The second-order valence-electron chi connectivity index (χ2n) is 6.34. The predicted molar refractivity (Wildman–Crippen MR) is 91.9 cm³/mol. The van der Waals surface area contributed by atoms with E-state index in [-0.39, 0.29) is 23.8 Å². The molecule has 1 aromatic carbocycles. The van der Waals surface area contributed by atoms with Crippen molar-refractivity contribution in [1.82, 2.24) is 9.80 Å². The molecule has 1 heterocycles. The lowest BCUT2D eigenvalue weighted by Crippen LogP contribution is -2.56. The molecule has 126 valence electrons. The van der Waals surface area contributed by atoms with Crippen LogP contribution in [0.2, 0.25) is 0 Å². The van der Waals surface area contributed by atoms with Crippen LogP contribution in [0.5, 0.6) is 0 Å². The average molecular weight is 318 g/mol. The van der Waals surface area contributed by atoms with Crippen molar-refractivity contribution < 1.29 is 9.59 Å². The van der Waals surface area contributed by atoms with E-state index in [0.29, 0.717) is 18.8 Å². The van der Waals surface area contributed by atoms with E-state index in [1.165, 1.54) is 0 Å². The molecule has 2 rings (SSSR count). The van der Waals surface area contributed by atoms with Crippen LogP contribution in [0.1, 0.15) is 20.8 Å². The van der Waals surface area contributed by atoms with Crippen LogP contribution < -0.4 is 11.1 Å². The van der Waals surface area contributed by atoms with Gasteiger partial charge < -0.3 is 16.0 Å². The van der Waals surface area contributed by atoms with Gasteiger partial charge in [-0.25, -0.2) is 0 Å². The first-order chi connectivity index (χ1) is 10.9. The fourth-order valence-electron chi connectivity index (χ4n) is 2.99. The standard InChI is InChI=1S/C17H26N4O2/c1-12(2)16(21-10-8-20(9-11-21)13(3)22)17(23)19-15-6-4-14(18)5-7-15/h4-7,12,16H,8-11,18H2,1-3H3,(H,19,23). The van der Waals surface area contributed by atoms with Crippen molar-refractivity contribution in [3.8, 4) is 0 Å². The van der Waals surface area contributed by atoms with E-state index in [2.05, 4.69) is 10.2 Å². The van der Waals surface area contributed by atoms with Gasteiger partial charge in [0.25, 0.3) is 0 Å². The lowest BCUT2D eigenvalue weighted by Gasteiger charge is -2.39. The number of amides is 2. The van der Waals surface area contributed by atoms with Crippen LogP contribution >= 0.6 is 0 Å². The van der Waals surface area contributed by atoms with E-state index in [4.69, 9.17) is 5.73 Å². The zero-order valence-corrected chi connectivity index (χ0v) is 14.1. The highest BCUT2D eigenvalue weighted by Gasteiger charge is 2.31. The number of hydrogen-bond acceptors (Lipinski definition) is 4. The van der Waals surface area contributed by atoms with Gasteiger partial charge in [0.1, 0.15) is 0 Å². The van der Waals surface area contributed by atoms with Crippen molar-refractivity contribution in [2.45, 2.75) is 26.8 Å². The van der Waals surface area contributed by atoms with E-state index in [1.54, 1.807) is 31.2 Å². The summed E-state index contributed by atoms with van der Waals surface area (Å²) in [5.74, 6) is 0.269. The lowest BCUT2D eigenvalue weighted by atomic mass is 10.0. The van der Waals surface area contributed by atoms with Crippen LogP contribution in [0.15, 0.2) is 24.3 Å². The van der Waals surface area contributed by atoms with Gasteiger partial charge in [0, 0.05) is 44.5 Å². The van der Waals surface area contributed by atoms with Crippen molar-refractivity contribution in [2.75, 3.05) is 37.2 Å². The van der Waals surface area contributed by atoms with E-state index in [9.17, 15) is 9.59 Å².